The van der Waals surface area contributed by atoms with E-state index in [1.807, 2.05) is 24.3 Å². The zero-order chi connectivity index (χ0) is 18.9. The number of para-hydroxylation sites is 1. The standard InChI is InChI=1S/C20H22FNO3S/c1-3-14(2)15-8-4-6-10-17(15)22-19(23)12-25-20(24)13-26-18-11-7-5-9-16(18)21/h4-11,14H,3,12-13H2,1-2H3,(H,22,23)/t14-/m0/s1. The highest BCUT2D eigenvalue weighted by atomic mass is 32.2. The first kappa shape index (κ1) is 20.0. The van der Waals surface area contributed by atoms with E-state index in [0.717, 1.165) is 29.4 Å². The third-order valence-corrected chi connectivity index (χ3v) is 4.95. The molecule has 0 unspecified atom stereocenters. The summed E-state index contributed by atoms with van der Waals surface area (Å²) in [6.45, 7) is 3.80. The van der Waals surface area contributed by atoms with E-state index < -0.39 is 11.9 Å². The number of rotatable bonds is 8. The van der Waals surface area contributed by atoms with Gasteiger partial charge in [-0.25, -0.2) is 4.39 Å². The van der Waals surface area contributed by atoms with Gasteiger partial charge in [-0.05, 0) is 36.1 Å². The summed E-state index contributed by atoms with van der Waals surface area (Å²) in [6.07, 6.45) is 0.954. The molecular formula is C20H22FNO3S. The van der Waals surface area contributed by atoms with E-state index in [4.69, 9.17) is 4.74 Å². The second-order valence-electron chi connectivity index (χ2n) is 5.82. The number of anilines is 1. The molecule has 0 aliphatic rings. The Balaban J connectivity index is 1.82. The van der Waals surface area contributed by atoms with Crippen LogP contribution in [0, 0.1) is 5.82 Å². The Hall–Kier alpha value is -2.34. The minimum atomic E-state index is -0.566. The largest absolute Gasteiger partial charge is 0.455 e. The maximum atomic E-state index is 13.5. The Morgan fingerprint density at radius 3 is 2.58 bits per heavy atom. The summed E-state index contributed by atoms with van der Waals surface area (Å²) in [5.41, 5.74) is 1.77. The summed E-state index contributed by atoms with van der Waals surface area (Å²) < 4.78 is 18.5. The van der Waals surface area contributed by atoms with Crippen LogP contribution in [0.3, 0.4) is 0 Å². The summed E-state index contributed by atoms with van der Waals surface area (Å²) in [4.78, 5) is 24.2. The third kappa shape index (κ3) is 5.88. The van der Waals surface area contributed by atoms with E-state index in [1.54, 1.807) is 18.2 Å². The molecule has 0 aliphatic heterocycles. The minimum Gasteiger partial charge on any atom is -0.455 e. The number of nitrogens with one attached hydrogen (secondary N) is 1. The zero-order valence-corrected chi connectivity index (χ0v) is 15.6. The van der Waals surface area contributed by atoms with Crippen molar-refractivity contribution >= 4 is 29.3 Å². The van der Waals surface area contributed by atoms with Gasteiger partial charge in [-0.2, -0.15) is 0 Å². The van der Waals surface area contributed by atoms with Crippen LogP contribution in [0.1, 0.15) is 31.7 Å². The lowest BCUT2D eigenvalue weighted by atomic mass is 9.97. The molecule has 26 heavy (non-hydrogen) atoms. The number of thioether (sulfide) groups is 1. The molecule has 2 aromatic carbocycles. The van der Waals surface area contributed by atoms with Gasteiger partial charge in [0.15, 0.2) is 6.61 Å². The lowest BCUT2D eigenvalue weighted by Crippen LogP contribution is -2.22. The molecule has 4 nitrogen and oxygen atoms in total. The van der Waals surface area contributed by atoms with Gasteiger partial charge in [0.1, 0.15) is 5.82 Å². The number of amides is 1. The molecule has 2 aromatic rings. The highest BCUT2D eigenvalue weighted by Gasteiger charge is 2.13. The molecule has 1 amide bonds. The van der Waals surface area contributed by atoms with E-state index in [1.165, 1.54) is 6.07 Å². The average molecular weight is 375 g/mol. The van der Waals surface area contributed by atoms with E-state index in [0.29, 0.717) is 10.8 Å². The number of carbonyl (C=O) groups excluding carboxylic acids is 2. The Kier molecular flexibility index (Phi) is 7.66. The maximum absolute atomic E-state index is 13.5. The van der Waals surface area contributed by atoms with Crippen LogP contribution in [0.25, 0.3) is 0 Å². The number of halogens is 1. The van der Waals surface area contributed by atoms with Crippen LogP contribution in [0.5, 0.6) is 0 Å². The highest BCUT2D eigenvalue weighted by molar-refractivity contribution is 8.00. The van der Waals surface area contributed by atoms with Crippen LogP contribution in [0.4, 0.5) is 10.1 Å². The molecule has 1 atom stereocenters. The van der Waals surface area contributed by atoms with Crippen molar-refractivity contribution in [1.29, 1.82) is 0 Å². The van der Waals surface area contributed by atoms with E-state index in [2.05, 4.69) is 19.2 Å². The van der Waals surface area contributed by atoms with Crippen molar-refractivity contribution < 1.29 is 18.7 Å². The van der Waals surface area contributed by atoms with Crippen LogP contribution in [0.15, 0.2) is 53.4 Å². The van der Waals surface area contributed by atoms with Crippen molar-refractivity contribution in [2.75, 3.05) is 17.7 Å². The number of benzene rings is 2. The summed E-state index contributed by atoms with van der Waals surface area (Å²) in [7, 11) is 0. The molecule has 0 heterocycles. The summed E-state index contributed by atoms with van der Waals surface area (Å²) in [5, 5.41) is 2.78. The number of carbonyl (C=O) groups is 2. The molecule has 0 fully saturated rings. The maximum Gasteiger partial charge on any atom is 0.316 e. The predicted octanol–water partition coefficient (Wildman–Crippen LogP) is 4.61. The van der Waals surface area contributed by atoms with Crippen molar-refractivity contribution in [2.24, 2.45) is 0 Å². The number of hydrogen-bond acceptors (Lipinski definition) is 4. The van der Waals surface area contributed by atoms with Gasteiger partial charge >= 0.3 is 5.97 Å². The molecule has 0 radical (unpaired) electrons. The highest BCUT2D eigenvalue weighted by Crippen LogP contribution is 2.26. The normalized spacial score (nSPS) is 11.7. The zero-order valence-electron chi connectivity index (χ0n) is 14.8. The Morgan fingerprint density at radius 2 is 1.85 bits per heavy atom. The van der Waals surface area contributed by atoms with Crippen LogP contribution in [0.2, 0.25) is 0 Å². The van der Waals surface area contributed by atoms with Gasteiger partial charge < -0.3 is 10.1 Å². The molecular weight excluding hydrogens is 353 g/mol. The van der Waals surface area contributed by atoms with Gasteiger partial charge in [-0.15, -0.1) is 11.8 Å². The van der Waals surface area contributed by atoms with Crippen molar-refractivity contribution in [2.45, 2.75) is 31.1 Å². The topological polar surface area (TPSA) is 55.4 Å². The lowest BCUT2D eigenvalue weighted by Gasteiger charge is -2.15. The fourth-order valence-corrected chi connectivity index (χ4v) is 3.07. The number of hydrogen-bond donors (Lipinski definition) is 1. The van der Waals surface area contributed by atoms with Gasteiger partial charge in [-0.1, -0.05) is 44.2 Å². The van der Waals surface area contributed by atoms with Crippen molar-refractivity contribution in [1.82, 2.24) is 0 Å². The van der Waals surface area contributed by atoms with Crippen molar-refractivity contribution in [3.05, 3.63) is 59.9 Å². The molecule has 1 N–H and O–H groups in total. The second-order valence-corrected chi connectivity index (χ2v) is 6.84. The third-order valence-electron chi connectivity index (χ3n) is 3.92. The molecule has 0 aromatic heterocycles. The minimum absolute atomic E-state index is 0.0579. The first-order valence-electron chi connectivity index (χ1n) is 8.43. The fourth-order valence-electron chi connectivity index (χ4n) is 2.33. The quantitative estimate of drug-likeness (QED) is 0.541. The molecule has 0 aliphatic carbocycles. The smallest absolute Gasteiger partial charge is 0.316 e. The summed E-state index contributed by atoms with van der Waals surface area (Å²) >= 11 is 1.04. The molecule has 6 heteroatoms. The van der Waals surface area contributed by atoms with Crippen LogP contribution < -0.4 is 5.32 Å². The SMILES string of the molecule is CC[C@H](C)c1ccccc1NC(=O)COC(=O)CSc1ccccc1F. The molecule has 0 saturated heterocycles. The van der Waals surface area contributed by atoms with Gasteiger partial charge in [-0.3, -0.25) is 9.59 Å². The summed E-state index contributed by atoms with van der Waals surface area (Å²) in [6, 6.07) is 13.8. The first-order chi connectivity index (χ1) is 12.5. The molecule has 0 saturated carbocycles. The monoisotopic (exact) mass is 375 g/mol. The Labute approximate surface area is 157 Å². The molecule has 0 bridgehead atoms. The van der Waals surface area contributed by atoms with Gasteiger partial charge in [0.25, 0.3) is 5.91 Å². The molecule has 138 valence electrons. The van der Waals surface area contributed by atoms with E-state index in [-0.39, 0.29) is 18.2 Å². The fraction of sp³-hybridized carbons (Fsp3) is 0.300. The summed E-state index contributed by atoms with van der Waals surface area (Å²) in [5.74, 6) is -1.10. The number of esters is 1. The number of ether oxygens (including phenoxy) is 1. The van der Waals surface area contributed by atoms with Crippen LogP contribution in [-0.2, 0) is 14.3 Å². The van der Waals surface area contributed by atoms with E-state index in [9.17, 15) is 14.0 Å². The van der Waals surface area contributed by atoms with Gasteiger partial charge in [0.2, 0.25) is 0 Å². The van der Waals surface area contributed by atoms with Gasteiger partial charge in [0, 0.05) is 10.6 Å². The van der Waals surface area contributed by atoms with E-state index >= 15 is 0 Å². The van der Waals surface area contributed by atoms with Crippen LogP contribution >= 0.6 is 11.8 Å². The lowest BCUT2D eigenvalue weighted by molar-refractivity contribution is -0.144. The second kappa shape index (κ2) is 9.97. The molecule has 0 spiro atoms. The van der Waals surface area contributed by atoms with Gasteiger partial charge in [0.05, 0.1) is 5.75 Å². The first-order valence-corrected chi connectivity index (χ1v) is 9.41. The Bertz CT molecular complexity index is 766. The predicted molar refractivity (Wildman–Crippen MR) is 102 cm³/mol. The van der Waals surface area contributed by atoms with Crippen LogP contribution in [-0.4, -0.2) is 24.2 Å². The Morgan fingerprint density at radius 1 is 1.15 bits per heavy atom. The molecule has 2 rings (SSSR count). The average Bonchev–Trinajstić information content (AvgIpc) is 2.65. The van der Waals surface area contributed by atoms with Crippen molar-refractivity contribution in [3.63, 3.8) is 0 Å². The van der Waals surface area contributed by atoms with Crippen molar-refractivity contribution in [3.8, 4) is 0 Å².